The van der Waals surface area contributed by atoms with Gasteiger partial charge < -0.3 is 18.9 Å². The van der Waals surface area contributed by atoms with Gasteiger partial charge in [0.2, 0.25) is 0 Å². The highest BCUT2D eigenvalue weighted by Crippen LogP contribution is 2.32. The van der Waals surface area contributed by atoms with Crippen molar-refractivity contribution in [3.8, 4) is 17.2 Å². The summed E-state index contributed by atoms with van der Waals surface area (Å²) in [7, 11) is 0. The van der Waals surface area contributed by atoms with Crippen LogP contribution in [0.1, 0.15) is 13.8 Å². The Morgan fingerprint density at radius 3 is 2.08 bits per heavy atom. The van der Waals surface area contributed by atoms with Gasteiger partial charge in [-0.1, -0.05) is 23.2 Å². The summed E-state index contributed by atoms with van der Waals surface area (Å²) in [5.74, 6) is 1.90. The van der Waals surface area contributed by atoms with E-state index in [1.165, 1.54) is 0 Å². The molecule has 0 aliphatic rings. The Morgan fingerprint density at radius 2 is 1.50 bits per heavy atom. The number of ether oxygens (including phenoxy) is 4. The minimum absolute atomic E-state index is 0.324. The average molecular weight is 371 g/mol. The SMILES string of the molecule is CCOC(COc1ccc(Oc2ccc(Cl)cc2Cl)cc1)OCC. The number of rotatable bonds is 9. The molecule has 2 aromatic rings. The van der Waals surface area contributed by atoms with Crippen LogP contribution in [0.4, 0.5) is 0 Å². The van der Waals surface area contributed by atoms with Crippen LogP contribution in [0.15, 0.2) is 42.5 Å². The largest absolute Gasteiger partial charge is 0.488 e. The van der Waals surface area contributed by atoms with Crippen LogP contribution in [-0.2, 0) is 9.47 Å². The molecule has 0 saturated heterocycles. The van der Waals surface area contributed by atoms with Gasteiger partial charge >= 0.3 is 0 Å². The monoisotopic (exact) mass is 370 g/mol. The van der Waals surface area contributed by atoms with Crippen molar-refractivity contribution in [1.29, 1.82) is 0 Å². The molecule has 2 aromatic carbocycles. The average Bonchev–Trinajstić information content (AvgIpc) is 2.57. The number of hydrogen-bond donors (Lipinski definition) is 0. The zero-order chi connectivity index (χ0) is 17.4. The molecule has 6 heteroatoms. The molecule has 0 N–H and O–H groups in total. The third-order valence-corrected chi connectivity index (χ3v) is 3.57. The minimum atomic E-state index is -0.371. The molecular formula is C18H20Cl2O4. The van der Waals surface area contributed by atoms with Gasteiger partial charge in [0.15, 0.2) is 6.29 Å². The highest BCUT2D eigenvalue weighted by atomic mass is 35.5. The van der Waals surface area contributed by atoms with Gasteiger partial charge in [0.1, 0.15) is 23.9 Å². The molecule has 0 aliphatic carbocycles. The number of halogens is 2. The van der Waals surface area contributed by atoms with Gasteiger partial charge in [-0.25, -0.2) is 0 Å². The fourth-order valence-electron chi connectivity index (χ4n) is 1.97. The summed E-state index contributed by atoms with van der Waals surface area (Å²) in [6.45, 7) is 5.30. The molecule has 0 aliphatic heterocycles. The third kappa shape index (κ3) is 5.87. The first-order valence-corrected chi connectivity index (χ1v) is 8.47. The lowest BCUT2D eigenvalue weighted by Gasteiger charge is -2.17. The topological polar surface area (TPSA) is 36.9 Å². The summed E-state index contributed by atoms with van der Waals surface area (Å²) < 4.78 is 22.3. The molecule has 0 amide bonds. The summed E-state index contributed by atoms with van der Waals surface area (Å²) in [6.07, 6.45) is -0.371. The maximum atomic E-state index is 6.09. The van der Waals surface area contributed by atoms with Crippen LogP contribution in [0, 0.1) is 0 Å². The van der Waals surface area contributed by atoms with E-state index in [1.54, 1.807) is 30.3 Å². The van der Waals surface area contributed by atoms with Crippen LogP contribution in [-0.4, -0.2) is 26.1 Å². The van der Waals surface area contributed by atoms with E-state index >= 15 is 0 Å². The molecule has 0 unspecified atom stereocenters. The molecule has 0 aromatic heterocycles. The molecular weight excluding hydrogens is 351 g/mol. The lowest BCUT2D eigenvalue weighted by molar-refractivity contribution is -0.152. The zero-order valence-corrected chi connectivity index (χ0v) is 15.1. The van der Waals surface area contributed by atoms with Gasteiger partial charge in [-0.15, -0.1) is 0 Å². The van der Waals surface area contributed by atoms with Crippen molar-refractivity contribution in [1.82, 2.24) is 0 Å². The van der Waals surface area contributed by atoms with Crippen molar-refractivity contribution in [3.63, 3.8) is 0 Å². The summed E-state index contributed by atoms with van der Waals surface area (Å²) >= 11 is 12.0. The summed E-state index contributed by atoms with van der Waals surface area (Å²) in [4.78, 5) is 0. The molecule has 0 radical (unpaired) electrons. The molecule has 0 spiro atoms. The molecule has 0 bridgehead atoms. The second kappa shape index (κ2) is 9.74. The van der Waals surface area contributed by atoms with Gasteiger partial charge in [-0.2, -0.15) is 0 Å². The maximum Gasteiger partial charge on any atom is 0.191 e. The Balaban J connectivity index is 1.92. The predicted molar refractivity (Wildman–Crippen MR) is 95.5 cm³/mol. The second-order valence-corrected chi connectivity index (χ2v) is 5.64. The van der Waals surface area contributed by atoms with E-state index in [1.807, 2.05) is 26.0 Å². The molecule has 0 atom stereocenters. The maximum absolute atomic E-state index is 6.09. The van der Waals surface area contributed by atoms with Crippen molar-refractivity contribution in [2.75, 3.05) is 19.8 Å². The lowest BCUT2D eigenvalue weighted by Crippen LogP contribution is -2.25. The minimum Gasteiger partial charge on any atom is -0.488 e. The lowest BCUT2D eigenvalue weighted by atomic mass is 10.3. The van der Waals surface area contributed by atoms with Crippen molar-refractivity contribution >= 4 is 23.2 Å². The Morgan fingerprint density at radius 1 is 0.875 bits per heavy atom. The number of hydrogen-bond acceptors (Lipinski definition) is 4. The molecule has 4 nitrogen and oxygen atoms in total. The highest BCUT2D eigenvalue weighted by Gasteiger charge is 2.09. The fourth-order valence-corrected chi connectivity index (χ4v) is 2.42. The Hall–Kier alpha value is -1.46. The molecule has 130 valence electrons. The van der Waals surface area contributed by atoms with Crippen LogP contribution >= 0.6 is 23.2 Å². The third-order valence-electron chi connectivity index (χ3n) is 3.04. The van der Waals surface area contributed by atoms with Gasteiger partial charge in [0.25, 0.3) is 0 Å². The van der Waals surface area contributed by atoms with Gasteiger partial charge in [0.05, 0.1) is 5.02 Å². The van der Waals surface area contributed by atoms with Crippen LogP contribution < -0.4 is 9.47 Å². The quantitative estimate of drug-likeness (QED) is 0.541. The first-order valence-electron chi connectivity index (χ1n) is 7.71. The van der Waals surface area contributed by atoms with E-state index in [2.05, 4.69) is 0 Å². The molecule has 0 saturated carbocycles. The second-order valence-electron chi connectivity index (χ2n) is 4.80. The fraction of sp³-hybridized carbons (Fsp3) is 0.333. The van der Waals surface area contributed by atoms with Crippen LogP contribution in [0.2, 0.25) is 10.0 Å². The van der Waals surface area contributed by atoms with Gasteiger partial charge in [-0.3, -0.25) is 0 Å². The Kier molecular flexibility index (Phi) is 7.66. The van der Waals surface area contributed by atoms with Crippen molar-refractivity contribution in [3.05, 3.63) is 52.5 Å². The van der Waals surface area contributed by atoms with E-state index in [9.17, 15) is 0 Å². The normalized spacial score (nSPS) is 10.9. The molecule has 0 fully saturated rings. The predicted octanol–water partition coefficient (Wildman–Crippen LogP) is 5.56. The molecule has 0 heterocycles. The van der Waals surface area contributed by atoms with Crippen molar-refractivity contribution < 1.29 is 18.9 Å². The van der Waals surface area contributed by atoms with Gasteiger partial charge in [0, 0.05) is 18.2 Å². The Bertz CT molecular complexity index is 625. The summed E-state index contributed by atoms with van der Waals surface area (Å²) in [5, 5.41) is 1.02. The van der Waals surface area contributed by atoms with E-state index in [4.69, 9.17) is 42.1 Å². The Labute approximate surface area is 152 Å². The zero-order valence-electron chi connectivity index (χ0n) is 13.6. The standard InChI is InChI=1S/C18H20Cl2O4/c1-3-21-18(22-4-2)12-23-14-6-8-15(9-7-14)24-17-10-5-13(19)11-16(17)20/h5-11,18H,3-4,12H2,1-2H3. The smallest absolute Gasteiger partial charge is 0.191 e. The highest BCUT2D eigenvalue weighted by molar-refractivity contribution is 6.35. The van der Waals surface area contributed by atoms with E-state index in [0.717, 1.165) is 0 Å². The van der Waals surface area contributed by atoms with E-state index < -0.39 is 0 Å². The summed E-state index contributed by atoms with van der Waals surface area (Å²) in [6, 6.07) is 12.3. The van der Waals surface area contributed by atoms with Crippen LogP contribution in [0.5, 0.6) is 17.2 Å². The number of benzene rings is 2. The van der Waals surface area contributed by atoms with E-state index in [0.29, 0.717) is 47.1 Å². The summed E-state index contributed by atoms with van der Waals surface area (Å²) in [5.41, 5.74) is 0. The van der Waals surface area contributed by atoms with Crippen LogP contribution in [0.3, 0.4) is 0 Å². The van der Waals surface area contributed by atoms with Crippen LogP contribution in [0.25, 0.3) is 0 Å². The van der Waals surface area contributed by atoms with Crippen molar-refractivity contribution in [2.45, 2.75) is 20.1 Å². The van der Waals surface area contributed by atoms with Gasteiger partial charge in [-0.05, 0) is 56.3 Å². The first kappa shape index (κ1) is 18.9. The molecule has 2 rings (SSSR count). The first-order chi connectivity index (χ1) is 11.6. The molecule has 24 heavy (non-hydrogen) atoms. The van der Waals surface area contributed by atoms with Crippen molar-refractivity contribution in [2.24, 2.45) is 0 Å². The van der Waals surface area contributed by atoms with E-state index in [-0.39, 0.29) is 6.29 Å².